The molecule has 0 aromatic heterocycles. The van der Waals surface area contributed by atoms with E-state index in [-0.39, 0.29) is 24.4 Å². The van der Waals surface area contributed by atoms with E-state index in [1.54, 1.807) is 24.3 Å². The summed E-state index contributed by atoms with van der Waals surface area (Å²) in [4.78, 5) is 24.6. The first-order valence-electron chi connectivity index (χ1n) is 10.8. The van der Waals surface area contributed by atoms with Crippen molar-refractivity contribution in [3.8, 4) is 5.75 Å². The second-order valence-corrected chi connectivity index (χ2v) is 7.66. The molecule has 6 nitrogen and oxygen atoms in total. The van der Waals surface area contributed by atoms with Gasteiger partial charge in [0.05, 0.1) is 13.2 Å². The van der Waals surface area contributed by atoms with Crippen LogP contribution < -0.4 is 20.7 Å². The fraction of sp³-hybridized carbons (Fsp3) is 0.417. The number of anilines is 2. The SMILES string of the molecule is CCCOc1ccc(NCC(=O)Nc2ccc(C(=O)NC3CCCCC3)cc2)cc1. The van der Waals surface area contributed by atoms with Gasteiger partial charge in [-0.05, 0) is 67.8 Å². The highest BCUT2D eigenvalue weighted by molar-refractivity contribution is 5.96. The molecular weight excluding hydrogens is 378 g/mol. The molecule has 0 bridgehead atoms. The number of ether oxygens (including phenoxy) is 1. The van der Waals surface area contributed by atoms with Crippen LogP contribution in [0.15, 0.2) is 48.5 Å². The maximum atomic E-state index is 12.4. The van der Waals surface area contributed by atoms with E-state index < -0.39 is 0 Å². The fourth-order valence-electron chi connectivity index (χ4n) is 3.50. The van der Waals surface area contributed by atoms with E-state index in [9.17, 15) is 9.59 Å². The second-order valence-electron chi connectivity index (χ2n) is 7.66. The molecule has 1 fully saturated rings. The van der Waals surface area contributed by atoms with Gasteiger partial charge in [-0.2, -0.15) is 0 Å². The molecule has 0 unspecified atom stereocenters. The van der Waals surface area contributed by atoms with Crippen molar-refractivity contribution in [1.82, 2.24) is 5.32 Å². The highest BCUT2D eigenvalue weighted by atomic mass is 16.5. The quantitative estimate of drug-likeness (QED) is 0.566. The van der Waals surface area contributed by atoms with Gasteiger partial charge in [0.2, 0.25) is 5.91 Å². The molecule has 2 aromatic rings. The smallest absolute Gasteiger partial charge is 0.251 e. The highest BCUT2D eigenvalue weighted by Crippen LogP contribution is 2.18. The minimum Gasteiger partial charge on any atom is -0.494 e. The summed E-state index contributed by atoms with van der Waals surface area (Å²) < 4.78 is 5.55. The molecule has 1 aliphatic carbocycles. The number of carbonyl (C=O) groups excluding carboxylic acids is 2. The third kappa shape index (κ3) is 6.79. The standard InChI is InChI=1S/C24H31N3O3/c1-2-16-30-22-14-12-19(13-15-22)25-17-23(28)26-21-10-8-18(9-11-21)24(29)27-20-6-4-3-5-7-20/h8-15,20,25H,2-7,16-17H2,1H3,(H,26,28)(H,27,29). The normalized spacial score (nSPS) is 14.0. The summed E-state index contributed by atoms with van der Waals surface area (Å²) in [5.74, 6) is 0.619. The summed E-state index contributed by atoms with van der Waals surface area (Å²) in [6.07, 6.45) is 6.70. The summed E-state index contributed by atoms with van der Waals surface area (Å²) in [5, 5.41) is 9.04. The predicted octanol–water partition coefficient (Wildman–Crippen LogP) is 4.59. The lowest BCUT2D eigenvalue weighted by molar-refractivity contribution is -0.114. The third-order valence-corrected chi connectivity index (χ3v) is 5.15. The average molecular weight is 410 g/mol. The Labute approximate surface area is 178 Å². The van der Waals surface area contributed by atoms with Crippen LogP contribution in [0.2, 0.25) is 0 Å². The van der Waals surface area contributed by atoms with E-state index in [1.807, 2.05) is 24.3 Å². The van der Waals surface area contributed by atoms with Crippen LogP contribution in [0.3, 0.4) is 0 Å². The maximum absolute atomic E-state index is 12.4. The van der Waals surface area contributed by atoms with Crippen molar-refractivity contribution in [2.75, 3.05) is 23.8 Å². The molecule has 30 heavy (non-hydrogen) atoms. The fourth-order valence-corrected chi connectivity index (χ4v) is 3.50. The molecule has 2 aromatic carbocycles. The monoisotopic (exact) mass is 409 g/mol. The molecular formula is C24H31N3O3. The molecule has 0 atom stereocenters. The summed E-state index contributed by atoms with van der Waals surface area (Å²) in [7, 11) is 0. The van der Waals surface area contributed by atoms with Gasteiger partial charge in [-0.25, -0.2) is 0 Å². The van der Waals surface area contributed by atoms with Crippen LogP contribution in [-0.4, -0.2) is 31.0 Å². The van der Waals surface area contributed by atoms with Gasteiger partial charge in [-0.1, -0.05) is 26.2 Å². The Hall–Kier alpha value is -3.02. The number of rotatable bonds is 9. The Morgan fingerprint density at radius 2 is 1.60 bits per heavy atom. The molecule has 0 spiro atoms. The number of amides is 2. The Kier molecular flexibility index (Phi) is 8.12. The van der Waals surface area contributed by atoms with E-state index in [2.05, 4.69) is 22.9 Å². The topological polar surface area (TPSA) is 79.5 Å². The Morgan fingerprint density at radius 3 is 2.27 bits per heavy atom. The van der Waals surface area contributed by atoms with Crippen molar-refractivity contribution >= 4 is 23.2 Å². The summed E-state index contributed by atoms with van der Waals surface area (Å²) in [5.41, 5.74) is 2.13. The lowest BCUT2D eigenvalue weighted by atomic mass is 9.95. The molecule has 1 saturated carbocycles. The molecule has 3 N–H and O–H groups in total. The van der Waals surface area contributed by atoms with Gasteiger partial charge in [-0.3, -0.25) is 9.59 Å². The number of nitrogens with one attached hydrogen (secondary N) is 3. The van der Waals surface area contributed by atoms with Gasteiger partial charge < -0.3 is 20.7 Å². The zero-order chi connectivity index (χ0) is 21.2. The van der Waals surface area contributed by atoms with Gasteiger partial charge >= 0.3 is 0 Å². The van der Waals surface area contributed by atoms with E-state index in [1.165, 1.54) is 19.3 Å². The summed E-state index contributed by atoms with van der Waals surface area (Å²) >= 11 is 0. The molecule has 2 amide bonds. The molecule has 0 aliphatic heterocycles. The Morgan fingerprint density at radius 1 is 0.933 bits per heavy atom. The van der Waals surface area contributed by atoms with Crippen LogP contribution in [0, 0.1) is 0 Å². The molecule has 0 heterocycles. The van der Waals surface area contributed by atoms with E-state index in [0.29, 0.717) is 17.9 Å². The van der Waals surface area contributed by atoms with Crippen molar-refractivity contribution in [3.63, 3.8) is 0 Å². The zero-order valence-electron chi connectivity index (χ0n) is 17.6. The number of benzene rings is 2. The van der Waals surface area contributed by atoms with Crippen LogP contribution in [0.5, 0.6) is 5.75 Å². The molecule has 3 rings (SSSR count). The van der Waals surface area contributed by atoms with Gasteiger partial charge in [0.1, 0.15) is 5.75 Å². The van der Waals surface area contributed by atoms with E-state index in [0.717, 1.165) is 30.7 Å². The lowest BCUT2D eigenvalue weighted by Gasteiger charge is -2.22. The number of hydrogen-bond acceptors (Lipinski definition) is 4. The Balaban J connectivity index is 1.43. The first-order valence-corrected chi connectivity index (χ1v) is 10.8. The molecule has 6 heteroatoms. The largest absolute Gasteiger partial charge is 0.494 e. The minimum absolute atomic E-state index is 0.0483. The van der Waals surface area contributed by atoms with Crippen molar-refractivity contribution in [2.45, 2.75) is 51.5 Å². The van der Waals surface area contributed by atoms with Crippen molar-refractivity contribution in [3.05, 3.63) is 54.1 Å². The molecule has 0 saturated heterocycles. The average Bonchev–Trinajstić information content (AvgIpc) is 2.78. The summed E-state index contributed by atoms with van der Waals surface area (Å²) in [6, 6.07) is 14.8. The van der Waals surface area contributed by atoms with Crippen LogP contribution in [-0.2, 0) is 4.79 Å². The number of hydrogen-bond donors (Lipinski definition) is 3. The van der Waals surface area contributed by atoms with Gasteiger partial charge in [-0.15, -0.1) is 0 Å². The van der Waals surface area contributed by atoms with Crippen molar-refractivity contribution < 1.29 is 14.3 Å². The van der Waals surface area contributed by atoms with Gasteiger partial charge in [0, 0.05) is 23.0 Å². The van der Waals surface area contributed by atoms with E-state index in [4.69, 9.17) is 4.74 Å². The third-order valence-electron chi connectivity index (χ3n) is 5.15. The second kappa shape index (κ2) is 11.2. The predicted molar refractivity (Wildman–Crippen MR) is 120 cm³/mol. The van der Waals surface area contributed by atoms with Crippen LogP contribution in [0.4, 0.5) is 11.4 Å². The zero-order valence-corrected chi connectivity index (χ0v) is 17.6. The van der Waals surface area contributed by atoms with E-state index >= 15 is 0 Å². The first-order chi connectivity index (χ1) is 14.6. The number of carbonyl (C=O) groups is 2. The minimum atomic E-state index is -0.152. The molecule has 1 aliphatic rings. The first kappa shape index (κ1) is 21.7. The Bertz CT molecular complexity index is 813. The maximum Gasteiger partial charge on any atom is 0.251 e. The van der Waals surface area contributed by atoms with Crippen LogP contribution in [0.1, 0.15) is 55.8 Å². The van der Waals surface area contributed by atoms with Crippen molar-refractivity contribution in [2.24, 2.45) is 0 Å². The molecule has 0 radical (unpaired) electrons. The lowest BCUT2D eigenvalue weighted by Crippen LogP contribution is -2.36. The van der Waals surface area contributed by atoms with Gasteiger partial charge in [0.25, 0.3) is 5.91 Å². The summed E-state index contributed by atoms with van der Waals surface area (Å²) in [6.45, 7) is 2.91. The van der Waals surface area contributed by atoms with Crippen LogP contribution >= 0.6 is 0 Å². The van der Waals surface area contributed by atoms with Crippen molar-refractivity contribution in [1.29, 1.82) is 0 Å². The molecule has 160 valence electrons. The van der Waals surface area contributed by atoms with Crippen LogP contribution in [0.25, 0.3) is 0 Å². The van der Waals surface area contributed by atoms with Gasteiger partial charge in [0.15, 0.2) is 0 Å². The highest BCUT2D eigenvalue weighted by Gasteiger charge is 2.16.